The predicted octanol–water partition coefficient (Wildman–Crippen LogP) is 4.88. The van der Waals surface area contributed by atoms with Crippen molar-refractivity contribution >= 4 is 29.1 Å². The molecule has 3 rings (SSSR count). The second kappa shape index (κ2) is 6.81. The molecule has 3 nitrogen and oxygen atoms in total. The largest absolute Gasteiger partial charge is 0.497 e. The molecule has 0 aromatic heterocycles. The zero-order valence-electron chi connectivity index (χ0n) is 12.7. The Bertz CT molecular complexity index is 711. The van der Waals surface area contributed by atoms with Crippen LogP contribution >= 0.6 is 23.2 Å². The first-order valence-electron chi connectivity index (χ1n) is 7.48. The van der Waals surface area contributed by atoms with Gasteiger partial charge in [-0.05, 0) is 54.7 Å². The first kappa shape index (κ1) is 16.2. The van der Waals surface area contributed by atoms with E-state index in [1.807, 2.05) is 24.3 Å². The molecule has 0 bridgehead atoms. The van der Waals surface area contributed by atoms with E-state index in [1.165, 1.54) is 0 Å². The first-order valence-corrected chi connectivity index (χ1v) is 8.24. The van der Waals surface area contributed by atoms with Crippen molar-refractivity contribution in [2.45, 2.75) is 18.9 Å². The molecular formula is C18H17Cl2NO2. The van der Waals surface area contributed by atoms with Crippen molar-refractivity contribution < 1.29 is 9.53 Å². The van der Waals surface area contributed by atoms with Crippen LogP contribution in [0.15, 0.2) is 42.5 Å². The highest BCUT2D eigenvalue weighted by Gasteiger charge is 2.33. The van der Waals surface area contributed by atoms with E-state index in [0.717, 1.165) is 24.2 Å². The molecule has 1 atom stereocenters. The smallest absolute Gasteiger partial charge is 0.253 e. The summed E-state index contributed by atoms with van der Waals surface area (Å²) in [4.78, 5) is 12.6. The highest BCUT2D eigenvalue weighted by Crippen LogP contribution is 2.41. The third-order valence-electron chi connectivity index (χ3n) is 4.03. The molecule has 5 heteroatoms. The topological polar surface area (TPSA) is 38.3 Å². The molecule has 0 spiro atoms. The normalized spacial score (nSPS) is 15.1. The van der Waals surface area contributed by atoms with E-state index < -0.39 is 0 Å². The van der Waals surface area contributed by atoms with Gasteiger partial charge in [0.05, 0.1) is 23.7 Å². The molecule has 0 heterocycles. The van der Waals surface area contributed by atoms with Gasteiger partial charge in [-0.1, -0.05) is 35.3 Å². The quantitative estimate of drug-likeness (QED) is 0.834. The van der Waals surface area contributed by atoms with Crippen LogP contribution in [0, 0.1) is 5.92 Å². The number of carbonyl (C=O) groups excluding carboxylic acids is 1. The molecule has 23 heavy (non-hydrogen) atoms. The summed E-state index contributed by atoms with van der Waals surface area (Å²) >= 11 is 12.0. The third kappa shape index (κ3) is 3.80. The number of ether oxygens (including phenoxy) is 1. The Labute approximate surface area is 145 Å². The Hall–Kier alpha value is -1.71. The van der Waals surface area contributed by atoms with Crippen LogP contribution in [-0.2, 0) is 0 Å². The van der Waals surface area contributed by atoms with Crippen LogP contribution in [0.25, 0.3) is 0 Å². The van der Waals surface area contributed by atoms with Crippen molar-refractivity contribution in [2.24, 2.45) is 5.92 Å². The van der Waals surface area contributed by atoms with Crippen LogP contribution in [0.3, 0.4) is 0 Å². The SMILES string of the molecule is COc1ccc(C(NC(=O)c2ccc(Cl)cc2Cl)C2CC2)cc1. The molecule has 1 saturated carbocycles. The maximum atomic E-state index is 12.6. The Balaban J connectivity index is 1.80. The number of methoxy groups -OCH3 is 1. The van der Waals surface area contributed by atoms with Gasteiger partial charge < -0.3 is 10.1 Å². The van der Waals surface area contributed by atoms with Crippen molar-refractivity contribution in [3.8, 4) is 5.75 Å². The van der Waals surface area contributed by atoms with E-state index in [2.05, 4.69) is 5.32 Å². The summed E-state index contributed by atoms with van der Waals surface area (Å²) in [5.74, 6) is 1.09. The number of benzene rings is 2. The summed E-state index contributed by atoms with van der Waals surface area (Å²) < 4.78 is 5.19. The number of nitrogens with one attached hydrogen (secondary N) is 1. The minimum atomic E-state index is -0.181. The minimum absolute atomic E-state index is 0.0137. The van der Waals surface area contributed by atoms with Gasteiger partial charge in [0.2, 0.25) is 0 Å². The molecule has 120 valence electrons. The molecule has 1 aliphatic carbocycles. The zero-order chi connectivity index (χ0) is 16.4. The molecule has 0 radical (unpaired) electrons. The monoisotopic (exact) mass is 349 g/mol. The van der Waals surface area contributed by atoms with Crippen molar-refractivity contribution in [1.29, 1.82) is 0 Å². The average molecular weight is 350 g/mol. The van der Waals surface area contributed by atoms with Crippen LogP contribution in [-0.4, -0.2) is 13.0 Å². The lowest BCUT2D eigenvalue weighted by molar-refractivity contribution is 0.0932. The Morgan fingerprint density at radius 3 is 2.43 bits per heavy atom. The fraction of sp³-hybridized carbons (Fsp3) is 0.278. The summed E-state index contributed by atoms with van der Waals surface area (Å²) in [7, 11) is 1.64. The van der Waals surface area contributed by atoms with Crippen LogP contribution in [0.5, 0.6) is 5.75 Å². The standard InChI is InChI=1S/C18H17Cl2NO2/c1-23-14-7-4-12(5-8-14)17(11-2-3-11)21-18(22)15-9-6-13(19)10-16(15)20/h4-11,17H,2-3H2,1H3,(H,21,22). The van der Waals surface area contributed by atoms with Crippen LogP contribution < -0.4 is 10.1 Å². The molecule has 0 aliphatic heterocycles. The predicted molar refractivity (Wildman–Crippen MR) is 92.4 cm³/mol. The number of rotatable bonds is 5. The van der Waals surface area contributed by atoms with Crippen LogP contribution in [0.1, 0.15) is 34.8 Å². The van der Waals surface area contributed by atoms with E-state index in [-0.39, 0.29) is 11.9 Å². The van der Waals surface area contributed by atoms with E-state index in [9.17, 15) is 4.79 Å². The summed E-state index contributed by atoms with van der Waals surface area (Å²) in [5, 5.41) is 3.98. The van der Waals surface area contributed by atoms with Gasteiger partial charge in [-0.25, -0.2) is 0 Å². The van der Waals surface area contributed by atoms with Crippen LogP contribution in [0.4, 0.5) is 0 Å². The molecule has 1 amide bonds. The van der Waals surface area contributed by atoms with Gasteiger partial charge in [0.1, 0.15) is 5.75 Å². The van der Waals surface area contributed by atoms with E-state index in [1.54, 1.807) is 25.3 Å². The second-order valence-electron chi connectivity index (χ2n) is 5.69. The lowest BCUT2D eigenvalue weighted by Gasteiger charge is -2.19. The van der Waals surface area contributed by atoms with Crippen molar-refractivity contribution in [2.75, 3.05) is 7.11 Å². The fourth-order valence-electron chi connectivity index (χ4n) is 2.61. The van der Waals surface area contributed by atoms with E-state index in [4.69, 9.17) is 27.9 Å². The molecule has 1 fully saturated rings. The van der Waals surface area contributed by atoms with Gasteiger partial charge in [-0.2, -0.15) is 0 Å². The lowest BCUT2D eigenvalue weighted by atomic mass is 10.0. The van der Waals surface area contributed by atoms with Gasteiger partial charge in [0.15, 0.2) is 0 Å². The van der Waals surface area contributed by atoms with Crippen molar-refractivity contribution in [3.63, 3.8) is 0 Å². The number of hydrogen-bond donors (Lipinski definition) is 1. The number of carbonyl (C=O) groups is 1. The Morgan fingerprint density at radius 2 is 1.87 bits per heavy atom. The Morgan fingerprint density at radius 1 is 1.17 bits per heavy atom. The number of hydrogen-bond acceptors (Lipinski definition) is 2. The van der Waals surface area contributed by atoms with E-state index in [0.29, 0.717) is 21.5 Å². The summed E-state index contributed by atoms with van der Waals surface area (Å²) in [5.41, 5.74) is 1.52. The van der Waals surface area contributed by atoms with Gasteiger partial charge >= 0.3 is 0 Å². The molecule has 1 N–H and O–H groups in total. The van der Waals surface area contributed by atoms with Gasteiger partial charge in [0.25, 0.3) is 5.91 Å². The second-order valence-corrected chi connectivity index (χ2v) is 6.53. The summed E-state index contributed by atoms with van der Waals surface area (Å²) in [6.07, 6.45) is 2.23. The van der Waals surface area contributed by atoms with Gasteiger partial charge in [0, 0.05) is 5.02 Å². The third-order valence-corrected chi connectivity index (χ3v) is 4.58. The maximum Gasteiger partial charge on any atom is 0.253 e. The van der Waals surface area contributed by atoms with Crippen LogP contribution in [0.2, 0.25) is 10.0 Å². The first-order chi connectivity index (χ1) is 11.1. The highest BCUT2D eigenvalue weighted by molar-refractivity contribution is 6.36. The molecule has 2 aromatic carbocycles. The molecule has 0 saturated heterocycles. The molecule has 2 aromatic rings. The molecule has 1 unspecified atom stereocenters. The van der Waals surface area contributed by atoms with Crippen molar-refractivity contribution in [1.82, 2.24) is 5.32 Å². The molecule has 1 aliphatic rings. The molecular weight excluding hydrogens is 333 g/mol. The summed E-state index contributed by atoms with van der Waals surface area (Å²) in [6, 6.07) is 12.7. The van der Waals surface area contributed by atoms with Gasteiger partial charge in [-0.15, -0.1) is 0 Å². The fourth-order valence-corrected chi connectivity index (χ4v) is 3.10. The summed E-state index contributed by atoms with van der Waals surface area (Å²) in [6.45, 7) is 0. The van der Waals surface area contributed by atoms with E-state index >= 15 is 0 Å². The number of amides is 1. The number of halogens is 2. The van der Waals surface area contributed by atoms with Gasteiger partial charge in [-0.3, -0.25) is 4.79 Å². The highest BCUT2D eigenvalue weighted by atomic mass is 35.5. The minimum Gasteiger partial charge on any atom is -0.497 e. The Kier molecular flexibility index (Phi) is 4.79. The average Bonchev–Trinajstić information content (AvgIpc) is 3.37. The lowest BCUT2D eigenvalue weighted by Crippen LogP contribution is -2.30. The zero-order valence-corrected chi connectivity index (χ0v) is 14.2. The maximum absolute atomic E-state index is 12.6. The van der Waals surface area contributed by atoms with Crippen molar-refractivity contribution in [3.05, 3.63) is 63.6 Å².